The molecule has 1 heterocycles. The van der Waals surface area contributed by atoms with Crippen molar-refractivity contribution in [2.45, 2.75) is 0 Å². The number of ether oxygens (including phenoxy) is 1. The number of nitrogens with zero attached hydrogens (tertiary/aromatic N) is 1. The van der Waals surface area contributed by atoms with Crippen molar-refractivity contribution >= 4 is 17.8 Å². The van der Waals surface area contributed by atoms with Gasteiger partial charge >= 0.3 is 5.97 Å². The Morgan fingerprint density at radius 2 is 1.71 bits per heavy atom. The lowest BCUT2D eigenvalue weighted by Gasteiger charge is -2.05. The van der Waals surface area contributed by atoms with Crippen LogP contribution in [-0.2, 0) is 9.53 Å². The Labute approximate surface area is 97.3 Å². The summed E-state index contributed by atoms with van der Waals surface area (Å²) in [6.07, 6.45) is 2.15. The zero-order valence-electron chi connectivity index (χ0n) is 9.04. The third kappa shape index (κ3) is 1.82. The maximum atomic E-state index is 11.8. The van der Waals surface area contributed by atoms with Gasteiger partial charge in [-0.3, -0.25) is 9.59 Å². The molecule has 0 spiro atoms. The molecule has 2 amide bonds. The van der Waals surface area contributed by atoms with Crippen molar-refractivity contribution < 1.29 is 19.1 Å². The molecule has 0 saturated carbocycles. The number of imide groups is 1. The van der Waals surface area contributed by atoms with E-state index in [2.05, 4.69) is 4.74 Å². The summed E-state index contributed by atoms with van der Waals surface area (Å²) in [6, 6.07) is 6.50. The third-order valence-corrected chi connectivity index (χ3v) is 2.39. The standard InChI is InChI=1S/C12H9NO4/c1-17-10(14)6-7-13-11(15)8-4-2-3-5-9(8)12(13)16/h2-7H,1H3/b7-6+. The van der Waals surface area contributed by atoms with E-state index in [1.807, 2.05) is 0 Å². The lowest BCUT2D eigenvalue weighted by molar-refractivity contribution is -0.134. The molecule has 5 nitrogen and oxygen atoms in total. The molecule has 0 aromatic heterocycles. The van der Waals surface area contributed by atoms with Crippen molar-refractivity contribution in [3.63, 3.8) is 0 Å². The minimum atomic E-state index is -0.624. The predicted octanol–water partition coefficient (Wildman–Crippen LogP) is 0.969. The van der Waals surface area contributed by atoms with E-state index in [4.69, 9.17) is 0 Å². The van der Waals surface area contributed by atoms with Crippen molar-refractivity contribution in [3.8, 4) is 0 Å². The first-order valence-corrected chi connectivity index (χ1v) is 4.88. The molecule has 0 saturated heterocycles. The van der Waals surface area contributed by atoms with Gasteiger partial charge in [0.2, 0.25) is 0 Å². The van der Waals surface area contributed by atoms with Crippen LogP contribution in [0.5, 0.6) is 0 Å². The molecule has 0 fully saturated rings. The molecule has 2 rings (SSSR count). The Kier molecular flexibility index (Phi) is 2.74. The van der Waals surface area contributed by atoms with Crippen LogP contribution in [0.2, 0.25) is 0 Å². The van der Waals surface area contributed by atoms with Gasteiger partial charge in [-0.15, -0.1) is 0 Å². The minimum absolute atomic E-state index is 0.340. The van der Waals surface area contributed by atoms with E-state index in [1.54, 1.807) is 24.3 Å². The Hall–Kier alpha value is -2.43. The number of hydrogen-bond donors (Lipinski definition) is 0. The van der Waals surface area contributed by atoms with Crippen LogP contribution in [0.1, 0.15) is 20.7 Å². The lowest BCUT2D eigenvalue weighted by Crippen LogP contribution is -2.23. The van der Waals surface area contributed by atoms with E-state index in [0.717, 1.165) is 17.2 Å². The van der Waals surface area contributed by atoms with Gasteiger partial charge in [-0.25, -0.2) is 9.69 Å². The molecule has 1 aromatic rings. The van der Waals surface area contributed by atoms with Gasteiger partial charge in [-0.05, 0) is 12.1 Å². The normalized spacial score (nSPS) is 14.3. The van der Waals surface area contributed by atoms with Crippen LogP contribution >= 0.6 is 0 Å². The van der Waals surface area contributed by atoms with E-state index >= 15 is 0 Å². The second kappa shape index (κ2) is 4.21. The van der Waals surface area contributed by atoms with E-state index < -0.39 is 17.8 Å². The van der Waals surface area contributed by atoms with Crippen LogP contribution in [0, 0.1) is 0 Å². The molecular formula is C12H9NO4. The lowest BCUT2D eigenvalue weighted by atomic mass is 10.1. The van der Waals surface area contributed by atoms with Gasteiger partial charge in [-0.2, -0.15) is 0 Å². The molecule has 0 atom stereocenters. The summed E-state index contributed by atoms with van der Waals surface area (Å²) in [5.74, 6) is -1.50. The first-order chi connectivity index (χ1) is 8.15. The first kappa shape index (κ1) is 11.1. The van der Waals surface area contributed by atoms with Crippen LogP contribution in [0.15, 0.2) is 36.5 Å². The summed E-state index contributed by atoms with van der Waals surface area (Å²) in [5, 5.41) is 0. The monoisotopic (exact) mass is 231 g/mol. The predicted molar refractivity (Wildman–Crippen MR) is 58.1 cm³/mol. The molecule has 5 heteroatoms. The number of amides is 2. The van der Waals surface area contributed by atoms with Crippen LogP contribution in [-0.4, -0.2) is 29.8 Å². The van der Waals surface area contributed by atoms with Crippen molar-refractivity contribution in [2.75, 3.05) is 7.11 Å². The number of carbonyl (C=O) groups is 3. The van der Waals surface area contributed by atoms with Gasteiger partial charge in [0.25, 0.3) is 11.8 Å². The van der Waals surface area contributed by atoms with Crippen LogP contribution in [0.4, 0.5) is 0 Å². The van der Waals surface area contributed by atoms with Gasteiger partial charge < -0.3 is 4.74 Å². The highest BCUT2D eigenvalue weighted by atomic mass is 16.5. The highest BCUT2D eigenvalue weighted by Crippen LogP contribution is 2.22. The molecule has 1 aromatic carbocycles. The van der Waals surface area contributed by atoms with E-state index in [-0.39, 0.29) is 0 Å². The molecule has 1 aliphatic rings. The number of rotatable bonds is 2. The summed E-state index contributed by atoms with van der Waals surface area (Å²) in [4.78, 5) is 35.4. The van der Waals surface area contributed by atoms with Crippen molar-refractivity contribution in [3.05, 3.63) is 47.7 Å². The van der Waals surface area contributed by atoms with Gasteiger partial charge in [-0.1, -0.05) is 12.1 Å². The van der Waals surface area contributed by atoms with Crippen LogP contribution in [0.25, 0.3) is 0 Å². The first-order valence-electron chi connectivity index (χ1n) is 4.88. The number of fused-ring (bicyclic) bond motifs is 1. The Bertz CT molecular complexity index is 498. The average Bonchev–Trinajstić information content (AvgIpc) is 2.60. The number of methoxy groups -OCH3 is 1. The molecule has 0 unspecified atom stereocenters. The third-order valence-electron chi connectivity index (χ3n) is 2.39. The minimum Gasteiger partial charge on any atom is -0.466 e. The summed E-state index contributed by atoms with van der Waals surface area (Å²) in [7, 11) is 1.22. The van der Waals surface area contributed by atoms with Crippen LogP contribution in [0.3, 0.4) is 0 Å². The SMILES string of the molecule is COC(=O)/C=C/N1C(=O)c2ccccc2C1=O. The number of esters is 1. The second-order valence-corrected chi connectivity index (χ2v) is 3.36. The molecule has 0 aliphatic carbocycles. The fourth-order valence-electron chi connectivity index (χ4n) is 1.55. The van der Waals surface area contributed by atoms with E-state index in [0.29, 0.717) is 11.1 Å². The molecular weight excluding hydrogens is 222 g/mol. The molecule has 17 heavy (non-hydrogen) atoms. The van der Waals surface area contributed by atoms with E-state index in [1.165, 1.54) is 7.11 Å². The van der Waals surface area contributed by atoms with Crippen molar-refractivity contribution in [1.29, 1.82) is 0 Å². The number of carbonyl (C=O) groups excluding carboxylic acids is 3. The fourth-order valence-corrected chi connectivity index (χ4v) is 1.55. The molecule has 0 radical (unpaired) electrons. The van der Waals surface area contributed by atoms with Gasteiger partial charge in [0, 0.05) is 12.3 Å². The van der Waals surface area contributed by atoms with Gasteiger partial charge in [0.1, 0.15) is 0 Å². The second-order valence-electron chi connectivity index (χ2n) is 3.36. The summed E-state index contributed by atoms with van der Waals surface area (Å²) >= 11 is 0. The summed E-state index contributed by atoms with van der Waals surface area (Å²) in [6.45, 7) is 0. The Balaban J connectivity index is 2.31. The molecule has 1 aliphatic heterocycles. The maximum absolute atomic E-state index is 11.8. The topological polar surface area (TPSA) is 63.7 Å². The highest BCUT2D eigenvalue weighted by molar-refractivity contribution is 6.22. The zero-order chi connectivity index (χ0) is 12.4. The molecule has 0 N–H and O–H groups in total. The quantitative estimate of drug-likeness (QED) is 0.432. The largest absolute Gasteiger partial charge is 0.466 e. The molecule has 86 valence electrons. The Morgan fingerprint density at radius 1 is 1.18 bits per heavy atom. The van der Waals surface area contributed by atoms with Gasteiger partial charge in [0.05, 0.1) is 18.2 Å². The summed E-state index contributed by atoms with van der Waals surface area (Å²) < 4.78 is 4.38. The summed E-state index contributed by atoms with van der Waals surface area (Å²) in [5.41, 5.74) is 0.680. The maximum Gasteiger partial charge on any atom is 0.331 e. The van der Waals surface area contributed by atoms with E-state index in [9.17, 15) is 14.4 Å². The fraction of sp³-hybridized carbons (Fsp3) is 0.0833. The number of benzene rings is 1. The molecule has 0 bridgehead atoms. The Morgan fingerprint density at radius 3 is 2.18 bits per heavy atom. The van der Waals surface area contributed by atoms with Crippen LogP contribution < -0.4 is 0 Å². The highest BCUT2D eigenvalue weighted by Gasteiger charge is 2.33. The smallest absolute Gasteiger partial charge is 0.331 e. The number of hydrogen-bond acceptors (Lipinski definition) is 4. The van der Waals surface area contributed by atoms with Crippen molar-refractivity contribution in [2.24, 2.45) is 0 Å². The van der Waals surface area contributed by atoms with Crippen molar-refractivity contribution in [1.82, 2.24) is 4.90 Å². The average molecular weight is 231 g/mol. The zero-order valence-corrected chi connectivity index (χ0v) is 9.04. The van der Waals surface area contributed by atoms with Gasteiger partial charge in [0.15, 0.2) is 0 Å².